The normalized spacial score (nSPS) is 28.3. The third-order valence-corrected chi connectivity index (χ3v) is 4.56. The van der Waals surface area contributed by atoms with Gasteiger partial charge in [-0.3, -0.25) is 0 Å². The molecule has 16 heavy (non-hydrogen) atoms. The molecule has 0 radical (unpaired) electrons. The lowest BCUT2D eigenvalue weighted by Gasteiger charge is -2.37. The largest absolute Gasteiger partial charge is 0.314 e. The highest BCUT2D eigenvalue weighted by atomic mass is 14.9. The highest BCUT2D eigenvalue weighted by Crippen LogP contribution is 2.34. The molecule has 0 saturated heterocycles. The van der Waals surface area contributed by atoms with Gasteiger partial charge in [0.25, 0.3) is 0 Å². The van der Waals surface area contributed by atoms with Crippen LogP contribution >= 0.6 is 0 Å². The Morgan fingerprint density at radius 1 is 1.00 bits per heavy atom. The summed E-state index contributed by atoms with van der Waals surface area (Å²) in [7, 11) is 0. The molecule has 0 bridgehead atoms. The quantitative estimate of drug-likeness (QED) is 0.713. The average Bonchev–Trinajstić information content (AvgIpc) is 2.31. The Morgan fingerprint density at radius 3 is 2.00 bits per heavy atom. The zero-order chi connectivity index (χ0) is 12.0. The molecule has 1 rings (SSSR count). The first-order valence-electron chi connectivity index (χ1n) is 7.46. The van der Waals surface area contributed by atoms with E-state index in [0.29, 0.717) is 0 Å². The lowest BCUT2D eigenvalue weighted by molar-refractivity contribution is 0.178. The summed E-state index contributed by atoms with van der Waals surface area (Å²) in [5.41, 5.74) is 0. The van der Waals surface area contributed by atoms with Gasteiger partial charge in [-0.1, -0.05) is 53.4 Å². The van der Waals surface area contributed by atoms with Crippen molar-refractivity contribution in [2.45, 2.75) is 72.3 Å². The third-order valence-electron chi connectivity index (χ3n) is 4.56. The second kappa shape index (κ2) is 7.32. The summed E-state index contributed by atoms with van der Waals surface area (Å²) in [5, 5.41) is 3.77. The molecular weight excluding hydrogens is 194 g/mol. The highest BCUT2D eigenvalue weighted by molar-refractivity contribution is 4.85. The third kappa shape index (κ3) is 3.76. The molecule has 1 saturated carbocycles. The Labute approximate surface area is 102 Å². The average molecular weight is 225 g/mol. The van der Waals surface area contributed by atoms with Crippen molar-refractivity contribution in [1.82, 2.24) is 5.32 Å². The lowest BCUT2D eigenvalue weighted by atomic mass is 9.74. The Kier molecular flexibility index (Phi) is 6.41. The van der Waals surface area contributed by atoms with E-state index in [2.05, 4.69) is 33.0 Å². The van der Waals surface area contributed by atoms with Crippen LogP contribution in [0.15, 0.2) is 0 Å². The number of rotatable bonds is 6. The zero-order valence-corrected chi connectivity index (χ0v) is 11.8. The van der Waals surface area contributed by atoms with Gasteiger partial charge in [0.15, 0.2) is 0 Å². The van der Waals surface area contributed by atoms with Crippen LogP contribution in [0, 0.1) is 17.8 Å². The van der Waals surface area contributed by atoms with E-state index in [-0.39, 0.29) is 0 Å². The summed E-state index contributed by atoms with van der Waals surface area (Å²) in [4.78, 5) is 0. The van der Waals surface area contributed by atoms with E-state index in [1.807, 2.05) is 0 Å². The fraction of sp³-hybridized carbons (Fsp3) is 1.00. The Morgan fingerprint density at radius 2 is 1.56 bits per heavy atom. The van der Waals surface area contributed by atoms with Crippen molar-refractivity contribution in [2.24, 2.45) is 17.8 Å². The summed E-state index contributed by atoms with van der Waals surface area (Å²) < 4.78 is 0. The predicted molar refractivity (Wildman–Crippen MR) is 72.7 cm³/mol. The Hall–Kier alpha value is -0.0400. The van der Waals surface area contributed by atoms with Crippen LogP contribution in [0.25, 0.3) is 0 Å². The van der Waals surface area contributed by atoms with Crippen LogP contribution < -0.4 is 5.32 Å². The minimum atomic E-state index is 0.785. The monoisotopic (exact) mass is 225 g/mol. The van der Waals surface area contributed by atoms with Gasteiger partial charge >= 0.3 is 0 Å². The summed E-state index contributed by atoms with van der Waals surface area (Å²) in [6, 6.07) is 0.785. The van der Waals surface area contributed by atoms with E-state index in [0.717, 1.165) is 30.3 Å². The maximum absolute atomic E-state index is 3.77. The van der Waals surface area contributed by atoms with Gasteiger partial charge in [0.05, 0.1) is 0 Å². The molecule has 1 N–H and O–H groups in total. The molecule has 0 amide bonds. The van der Waals surface area contributed by atoms with Crippen LogP contribution in [0.3, 0.4) is 0 Å². The fourth-order valence-electron chi connectivity index (χ4n) is 3.40. The molecule has 96 valence electrons. The highest BCUT2D eigenvalue weighted by Gasteiger charge is 2.29. The summed E-state index contributed by atoms with van der Waals surface area (Å²) in [6.07, 6.45) is 8.48. The van der Waals surface area contributed by atoms with Crippen LogP contribution in [0.1, 0.15) is 66.2 Å². The first-order valence-corrected chi connectivity index (χ1v) is 7.46. The fourth-order valence-corrected chi connectivity index (χ4v) is 3.40. The molecule has 0 aromatic heterocycles. The molecule has 0 aromatic carbocycles. The van der Waals surface area contributed by atoms with Gasteiger partial charge in [-0.15, -0.1) is 0 Å². The number of hydrogen-bond acceptors (Lipinski definition) is 1. The summed E-state index contributed by atoms with van der Waals surface area (Å²) in [5.74, 6) is 2.81. The van der Waals surface area contributed by atoms with Crippen molar-refractivity contribution in [3.05, 3.63) is 0 Å². The van der Waals surface area contributed by atoms with Crippen LogP contribution in [-0.4, -0.2) is 12.6 Å². The first-order chi connectivity index (χ1) is 7.72. The predicted octanol–water partition coefficient (Wildman–Crippen LogP) is 4.23. The van der Waals surface area contributed by atoms with E-state index in [9.17, 15) is 0 Å². The van der Waals surface area contributed by atoms with Crippen molar-refractivity contribution in [1.29, 1.82) is 0 Å². The topological polar surface area (TPSA) is 12.0 Å². The van der Waals surface area contributed by atoms with Crippen LogP contribution in [0.5, 0.6) is 0 Å². The van der Waals surface area contributed by atoms with Crippen molar-refractivity contribution < 1.29 is 0 Å². The van der Waals surface area contributed by atoms with Gasteiger partial charge in [-0.25, -0.2) is 0 Å². The van der Waals surface area contributed by atoms with Crippen molar-refractivity contribution in [3.63, 3.8) is 0 Å². The molecule has 0 aliphatic heterocycles. The van der Waals surface area contributed by atoms with Crippen molar-refractivity contribution in [3.8, 4) is 0 Å². The Balaban J connectivity index is 2.54. The molecule has 1 unspecified atom stereocenters. The van der Waals surface area contributed by atoms with E-state index >= 15 is 0 Å². The maximum atomic E-state index is 3.77. The molecular formula is C15H31N. The first kappa shape index (κ1) is 14.0. The van der Waals surface area contributed by atoms with Gasteiger partial charge in [0.2, 0.25) is 0 Å². The van der Waals surface area contributed by atoms with Crippen molar-refractivity contribution in [2.75, 3.05) is 6.54 Å². The molecule has 0 spiro atoms. The molecule has 1 aliphatic carbocycles. The maximum Gasteiger partial charge on any atom is 0.0123 e. The van der Waals surface area contributed by atoms with E-state index in [1.165, 1.54) is 38.5 Å². The standard InChI is InChI=1S/C15H31N/c1-5-13(6-2)15(16-7-3)14-10-8-12(4)9-11-14/h12-16H,5-11H2,1-4H3. The molecule has 1 aliphatic rings. The second-order valence-corrected chi connectivity index (χ2v) is 5.68. The van der Waals surface area contributed by atoms with E-state index in [1.54, 1.807) is 0 Å². The second-order valence-electron chi connectivity index (χ2n) is 5.68. The van der Waals surface area contributed by atoms with E-state index < -0.39 is 0 Å². The molecule has 1 heteroatoms. The van der Waals surface area contributed by atoms with Gasteiger partial charge in [-0.2, -0.15) is 0 Å². The number of nitrogens with one attached hydrogen (secondary N) is 1. The Bertz CT molecular complexity index is 166. The van der Waals surface area contributed by atoms with Crippen molar-refractivity contribution >= 4 is 0 Å². The lowest BCUT2D eigenvalue weighted by Crippen LogP contribution is -2.43. The van der Waals surface area contributed by atoms with Gasteiger partial charge in [0.1, 0.15) is 0 Å². The molecule has 1 atom stereocenters. The summed E-state index contributed by atoms with van der Waals surface area (Å²) in [6.45, 7) is 10.5. The van der Waals surface area contributed by atoms with Crippen LogP contribution in [0.4, 0.5) is 0 Å². The van der Waals surface area contributed by atoms with Gasteiger partial charge < -0.3 is 5.32 Å². The van der Waals surface area contributed by atoms with E-state index in [4.69, 9.17) is 0 Å². The summed E-state index contributed by atoms with van der Waals surface area (Å²) >= 11 is 0. The smallest absolute Gasteiger partial charge is 0.0123 e. The van der Waals surface area contributed by atoms with Gasteiger partial charge in [0, 0.05) is 6.04 Å². The molecule has 0 heterocycles. The zero-order valence-electron chi connectivity index (χ0n) is 11.8. The molecule has 1 fully saturated rings. The van der Waals surface area contributed by atoms with Crippen LogP contribution in [0.2, 0.25) is 0 Å². The SMILES string of the molecule is CCNC(C(CC)CC)C1CCC(C)CC1. The molecule has 1 nitrogen and oxygen atoms in total. The minimum absolute atomic E-state index is 0.785. The molecule has 0 aromatic rings. The van der Waals surface area contributed by atoms with Crippen LogP contribution in [-0.2, 0) is 0 Å². The van der Waals surface area contributed by atoms with Gasteiger partial charge in [-0.05, 0) is 37.1 Å². The number of hydrogen-bond donors (Lipinski definition) is 1. The minimum Gasteiger partial charge on any atom is -0.314 e.